The number of rotatable bonds is 6. The van der Waals surface area contributed by atoms with Gasteiger partial charge in [0.25, 0.3) is 0 Å². The zero-order valence-electron chi connectivity index (χ0n) is 22.7. The van der Waals surface area contributed by atoms with Crippen molar-refractivity contribution in [2.24, 2.45) is 4.99 Å². The van der Waals surface area contributed by atoms with Gasteiger partial charge in [-0.2, -0.15) is 0 Å². The van der Waals surface area contributed by atoms with E-state index < -0.39 is 17.7 Å². The number of pyridine rings is 1. The van der Waals surface area contributed by atoms with E-state index in [-0.39, 0.29) is 5.91 Å². The van der Waals surface area contributed by atoms with E-state index in [1.54, 1.807) is 31.9 Å². The highest BCUT2D eigenvalue weighted by atomic mass is 35.5. The lowest BCUT2D eigenvalue weighted by molar-refractivity contribution is -0.129. The topological polar surface area (TPSA) is 83.9 Å². The summed E-state index contributed by atoms with van der Waals surface area (Å²) < 4.78 is 5.35. The molecule has 1 atom stereocenters. The number of ether oxygens (including phenoxy) is 1. The van der Waals surface area contributed by atoms with Gasteiger partial charge in [-0.05, 0) is 56.3 Å². The van der Waals surface area contributed by atoms with E-state index in [0.29, 0.717) is 24.7 Å². The molecule has 204 valence electrons. The Balaban J connectivity index is 1.52. The van der Waals surface area contributed by atoms with Crippen LogP contribution in [0.15, 0.2) is 90.1 Å². The number of hydrogen-bond donors (Lipinski definition) is 1. The number of nitrogens with zero attached hydrogens (tertiary/aromatic N) is 3. The van der Waals surface area contributed by atoms with Gasteiger partial charge in [-0.25, -0.2) is 14.8 Å². The molecule has 2 heterocycles. The number of hydrogen-bond acceptors (Lipinski definition) is 5. The molecule has 7 nitrogen and oxygen atoms in total. The predicted molar refractivity (Wildman–Crippen MR) is 158 cm³/mol. The fourth-order valence-corrected chi connectivity index (χ4v) is 4.96. The average Bonchev–Trinajstić information content (AvgIpc) is 3.26. The molecule has 3 aromatic carbocycles. The molecule has 1 aliphatic heterocycles. The molecule has 40 heavy (non-hydrogen) atoms. The Bertz CT molecular complexity index is 1520. The highest BCUT2D eigenvalue weighted by molar-refractivity contribution is 6.34. The van der Waals surface area contributed by atoms with E-state index in [4.69, 9.17) is 21.3 Å². The first-order valence-electron chi connectivity index (χ1n) is 13.2. The van der Waals surface area contributed by atoms with Crippen molar-refractivity contribution in [3.63, 3.8) is 0 Å². The van der Waals surface area contributed by atoms with E-state index in [1.165, 1.54) is 0 Å². The third-order valence-corrected chi connectivity index (χ3v) is 6.89. The summed E-state index contributed by atoms with van der Waals surface area (Å²) in [6, 6.07) is 25.2. The smallest absolute Gasteiger partial charge is 0.408 e. The molecule has 1 aromatic heterocycles. The molecule has 1 saturated heterocycles. The summed E-state index contributed by atoms with van der Waals surface area (Å²) in [5, 5.41) is 4.79. The number of amides is 2. The molecule has 0 bridgehead atoms. The lowest BCUT2D eigenvalue weighted by Gasteiger charge is -2.22. The van der Waals surface area contributed by atoms with Gasteiger partial charge in [-0.3, -0.25) is 4.79 Å². The molecule has 0 aliphatic carbocycles. The van der Waals surface area contributed by atoms with Gasteiger partial charge in [-0.15, -0.1) is 0 Å². The number of nitrogens with one attached hydrogen (secondary N) is 1. The Labute approximate surface area is 238 Å². The molecule has 0 spiro atoms. The molecule has 1 fully saturated rings. The fourth-order valence-electron chi connectivity index (χ4n) is 4.74. The first-order chi connectivity index (χ1) is 19.2. The quantitative estimate of drug-likeness (QED) is 0.213. The first kappa shape index (κ1) is 27.3. The van der Waals surface area contributed by atoms with Gasteiger partial charge in [0.05, 0.1) is 11.4 Å². The van der Waals surface area contributed by atoms with Crippen LogP contribution in [-0.4, -0.2) is 45.8 Å². The predicted octanol–water partition coefficient (Wildman–Crippen LogP) is 6.68. The van der Waals surface area contributed by atoms with Crippen LogP contribution in [0.25, 0.3) is 10.8 Å². The number of benzene rings is 3. The number of fused-ring (bicyclic) bond motifs is 1. The highest BCUT2D eigenvalue weighted by Gasteiger charge is 2.34. The van der Waals surface area contributed by atoms with Gasteiger partial charge >= 0.3 is 6.09 Å². The van der Waals surface area contributed by atoms with Crippen LogP contribution in [0.1, 0.15) is 43.9 Å². The molecule has 0 unspecified atom stereocenters. The second kappa shape index (κ2) is 11.5. The molecule has 8 heteroatoms. The lowest BCUT2D eigenvalue weighted by Crippen LogP contribution is -2.43. The summed E-state index contributed by atoms with van der Waals surface area (Å²) in [5.41, 5.74) is 3.69. The molecular weight excluding hydrogens is 524 g/mol. The molecule has 1 aliphatic rings. The monoisotopic (exact) mass is 554 g/mol. The maximum atomic E-state index is 13.3. The minimum Gasteiger partial charge on any atom is -0.444 e. The van der Waals surface area contributed by atoms with Gasteiger partial charge in [-0.1, -0.05) is 72.3 Å². The third kappa shape index (κ3) is 6.32. The van der Waals surface area contributed by atoms with Gasteiger partial charge in [0.15, 0.2) is 0 Å². The third-order valence-electron chi connectivity index (χ3n) is 6.59. The van der Waals surface area contributed by atoms with Crippen molar-refractivity contribution in [2.75, 3.05) is 6.54 Å². The van der Waals surface area contributed by atoms with Crippen molar-refractivity contribution < 1.29 is 14.3 Å². The minimum absolute atomic E-state index is 0.162. The summed E-state index contributed by atoms with van der Waals surface area (Å²) in [6.07, 6.45) is 1.56. The zero-order chi connectivity index (χ0) is 28.3. The SMILES string of the molecule is CC(C)(C)OC(=O)N[C@H]1CCN(Cc2cc3c(Cl)nccc3cc2N=C(c2ccccc2)c2ccccc2)C1=O. The van der Waals surface area contributed by atoms with Crippen LogP contribution in [-0.2, 0) is 16.1 Å². The maximum Gasteiger partial charge on any atom is 0.408 e. The summed E-state index contributed by atoms with van der Waals surface area (Å²) in [7, 11) is 0. The Morgan fingerprint density at radius 2 is 1.70 bits per heavy atom. The maximum absolute atomic E-state index is 13.3. The zero-order valence-corrected chi connectivity index (χ0v) is 23.5. The summed E-state index contributed by atoms with van der Waals surface area (Å²) in [4.78, 5) is 36.8. The van der Waals surface area contributed by atoms with Crippen LogP contribution in [0.2, 0.25) is 5.15 Å². The van der Waals surface area contributed by atoms with Gasteiger partial charge in [0.1, 0.15) is 16.8 Å². The Hall–Kier alpha value is -4.23. The second-order valence-corrected chi connectivity index (χ2v) is 11.1. The molecule has 4 aromatic rings. The number of carbonyl (C=O) groups is 2. The van der Waals surface area contributed by atoms with Crippen molar-refractivity contribution >= 4 is 45.8 Å². The van der Waals surface area contributed by atoms with E-state index in [1.807, 2.05) is 78.9 Å². The second-order valence-electron chi connectivity index (χ2n) is 10.7. The fraction of sp³-hybridized carbons (Fsp3) is 0.250. The van der Waals surface area contributed by atoms with E-state index in [2.05, 4.69) is 10.3 Å². The Kier molecular flexibility index (Phi) is 7.85. The Morgan fingerprint density at radius 1 is 1.05 bits per heavy atom. The largest absolute Gasteiger partial charge is 0.444 e. The van der Waals surface area contributed by atoms with Crippen molar-refractivity contribution in [3.8, 4) is 0 Å². The van der Waals surface area contributed by atoms with Crippen molar-refractivity contribution in [1.29, 1.82) is 0 Å². The number of aliphatic imine (C=N–C) groups is 1. The molecule has 5 rings (SSSR count). The van der Waals surface area contributed by atoms with Crippen LogP contribution in [0, 0.1) is 0 Å². The Morgan fingerprint density at radius 3 is 2.33 bits per heavy atom. The van der Waals surface area contributed by atoms with Crippen LogP contribution in [0.4, 0.5) is 10.5 Å². The van der Waals surface area contributed by atoms with Crippen molar-refractivity contribution in [3.05, 3.63) is 107 Å². The number of aromatic nitrogens is 1. The van der Waals surface area contributed by atoms with E-state index in [9.17, 15) is 9.59 Å². The number of carbonyl (C=O) groups excluding carboxylic acids is 2. The van der Waals surface area contributed by atoms with Crippen LogP contribution < -0.4 is 5.32 Å². The van der Waals surface area contributed by atoms with E-state index in [0.717, 1.165) is 38.9 Å². The summed E-state index contributed by atoms with van der Waals surface area (Å²) in [6.45, 7) is 6.16. The van der Waals surface area contributed by atoms with Crippen molar-refractivity contribution in [2.45, 2.75) is 45.4 Å². The van der Waals surface area contributed by atoms with E-state index >= 15 is 0 Å². The number of likely N-dealkylation sites (tertiary alicyclic amines) is 1. The lowest BCUT2D eigenvalue weighted by atomic mass is 10.0. The summed E-state index contributed by atoms with van der Waals surface area (Å²) >= 11 is 6.47. The summed E-state index contributed by atoms with van der Waals surface area (Å²) in [5.74, 6) is -0.162. The molecule has 2 amide bonds. The normalized spacial score (nSPS) is 15.2. The average molecular weight is 555 g/mol. The van der Waals surface area contributed by atoms with Crippen LogP contribution >= 0.6 is 11.6 Å². The number of halogens is 1. The minimum atomic E-state index is -0.647. The highest BCUT2D eigenvalue weighted by Crippen LogP contribution is 2.32. The first-order valence-corrected chi connectivity index (χ1v) is 13.6. The van der Waals surface area contributed by atoms with Crippen LogP contribution in [0.5, 0.6) is 0 Å². The van der Waals surface area contributed by atoms with Gasteiger partial charge in [0, 0.05) is 35.8 Å². The standard InChI is InChI=1S/C32H31ClN4O3/c1-32(2,3)40-31(39)36-26-15-17-37(30(26)38)20-24-18-25-23(14-16-34-29(25)33)19-27(24)35-28(21-10-6-4-7-11-21)22-12-8-5-9-13-22/h4-14,16,18-19,26H,15,17,20H2,1-3H3,(H,36,39)/t26-/m0/s1. The molecule has 0 radical (unpaired) electrons. The van der Waals surface area contributed by atoms with Gasteiger partial charge in [0.2, 0.25) is 5.91 Å². The van der Waals surface area contributed by atoms with Crippen LogP contribution in [0.3, 0.4) is 0 Å². The molecular formula is C32H31ClN4O3. The number of alkyl carbamates (subject to hydrolysis) is 1. The molecule has 1 N–H and O–H groups in total. The molecule has 0 saturated carbocycles. The van der Waals surface area contributed by atoms with Crippen molar-refractivity contribution in [1.82, 2.24) is 15.2 Å². The van der Waals surface area contributed by atoms with Gasteiger partial charge < -0.3 is 15.0 Å².